The molecule has 3 aliphatic carbocycles. The highest BCUT2D eigenvalue weighted by Gasteiger charge is 2.52. The first-order valence-electron chi connectivity index (χ1n) is 23.9. The summed E-state index contributed by atoms with van der Waals surface area (Å²) in [4.78, 5) is 5.39. The van der Waals surface area contributed by atoms with Gasteiger partial charge in [-0.15, -0.1) is 0 Å². The topological polar surface area (TPSA) is 21.7 Å². The Bertz CT molecular complexity index is 3520. The number of rotatable bonds is 6. The second kappa shape index (κ2) is 14.6. The van der Waals surface area contributed by atoms with Crippen LogP contribution in [0.15, 0.2) is 219 Å². The highest BCUT2D eigenvalue weighted by Crippen LogP contribution is 2.61. The van der Waals surface area contributed by atoms with Crippen LogP contribution in [0.1, 0.15) is 93.4 Å². The molecular formula is C65H51N3. The van der Waals surface area contributed by atoms with E-state index in [1.165, 1.54) is 94.6 Å². The zero-order valence-electron chi connectivity index (χ0n) is 39.1. The summed E-state index contributed by atoms with van der Waals surface area (Å²) in [7, 11) is 2.10. The molecular weight excluding hydrogens is 823 g/mol. The largest absolute Gasteiger partial charge is 0.351 e. The summed E-state index contributed by atoms with van der Waals surface area (Å²) in [5.41, 5.74) is 21.2. The van der Waals surface area contributed by atoms with Gasteiger partial charge in [-0.2, -0.15) is 0 Å². The van der Waals surface area contributed by atoms with E-state index >= 15 is 0 Å². The van der Waals surface area contributed by atoms with E-state index in [0.717, 1.165) is 11.4 Å². The Morgan fingerprint density at radius 1 is 0.441 bits per heavy atom. The highest BCUT2D eigenvalue weighted by atomic mass is 15.2. The first kappa shape index (κ1) is 40.4. The van der Waals surface area contributed by atoms with Crippen molar-refractivity contribution in [3.8, 4) is 33.4 Å². The normalized spacial score (nSPS) is 15.2. The summed E-state index contributed by atoms with van der Waals surface area (Å²) in [5.74, 6) is 0. The zero-order chi connectivity index (χ0) is 46.0. The fourth-order valence-corrected chi connectivity index (χ4v) is 12.7. The molecule has 2 aromatic heterocycles. The summed E-state index contributed by atoms with van der Waals surface area (Å²) in [6.45, 7) is 9.06. The van der Waals surface area contributed by atoms with E-state index in [2.05, 4.69) is 263 Å². The van der Waals surface area contributed by atoms with Crippen molar-refractivity contribution in [3.63, 3.8) is 0 Å². The zero-order valence-corrected chi connectivity index (χ0v) is 39.1. The molecule has 8 aromatic carbocycles. The molecule has 0 saturated carbocycles. The van der Waals surface area contributed by atoms with E-state index in [9.17, 15) is 0 Å². The van der Waals surface area contributed by atoms with Gasteiger partial charge in [-0.3, -0.25) is 4.98 Å². The number of hydrogen-bond acceptors (Lipinski definition) is 1. The van der Waals surface area contributed by atoms with Crippen LogP contribution in [0.5, 0.6) is 0 Å². The van der Waals surface area contributed by atoms with Crippen molar-refractivity contribution in [3.05, 3.63) is 298 Å². The van der Waals surface area contributed by atoms with Crippen molar-refractivity contribution in [2.24, 2.45) is 7.05 Å². The molecule has 326 valence electrons. The third kappa shape index (κ3) is 5.25. The summed E-state index contributed by atoms with van der Waals surface area (Å²) in [6.07, 6.45) is 8.08. The molecule has 0 unspecified atom stereocenters. The Morgan fingerprint density at radius 2 is 0.824 bits per heavy atom. The summed E-state index contributed by atoms with van der Waals surface area (Å²) in [5, 5.41) is 0. The van der Waals surface area contributed by atoms with Crippen LogP contribution >= 0.6 is 0 Å². The number of aryl methyl sites for hydroxylation is 2. The average molecular weight is 874 g/mol. The molecule has 13 rings (SSSR count). The highest BCUT2D eigenvalue weighted by molar-refractivity contribution is 5.89. The van der Waals surface area contributed by atoms with E-state index in [4.69, 9.17) is 4.98 Å². The lowest BCUT2D eigenvalue weighted by molar-refractivity contribution is -0.681. The third-order valence-electron chi connectivity index (χ3n) is 15.7. The van der Waals surface area contributed by atoms with E-state index < -0.39 is 16.4 Å². The van der Waals surface area contributed by atoms with Gasteiger partial charge in [0.05, 0.1) is 23.6 Å². The number of nitrogens with zero attached hydrogens (tertiary/aromatic N) is 3. The van der Waals surface area contributed by atoms with Crippen LogP contribution in [-0.2, 0) is 28.8 Å². The maximum Gasteiger partial charge on any atom is 0.205 e. The van der Waals surface area contributed by atoms with Gasteiger partial charge in [0.1, 0.15) is 0 Å². The second-order valence-electron chi connectivity index (χ2n) is 20.1. The molecule has 0 amide bonds. The minimum atomic E-state index is -0.696. The molecule has 10 aromatic rings. The summed E-state index contributed by atoms with van der Waals surface area (Å²) >= 11 is 0. The fourth-order valence-electron chi connectivity index (χ4n) is 12.7. The molecule has 0 fully saturated rings. The van der Waals surface area contributed by atoms with Gasteiger partial charge in [-0.05, 0) is 113 Å². The number of hydrogen-bond donors (Lipinski definition) is 0. The standard InChI is InChI=1S/C65H51N3/c1-43-41-68(42-67(43)5)65(59-34-16-10-28-53(59)54-29-11-17-35-60(54)65)48-23-19-21-46(39-48)63(55-30-12-6-24-49(55)50-25-7-13-31-56(50)63)45-20-18-22-47(38-45)64(61-40-44(36-37-66-61)62(2,3)4)57-32-14-8-26-51(57)52-27-9-15-33-58(52)64/h6-41H,1-5H3. The maximum atomic E-state index is 5.39. The number of fused-ring (bicyclic) bond motifs is 9. The molecule has 2 heterocycles. The van der Waals surface area contributed by atoms with E-state index in [1.54, 1.807) is 0 Å². The first-order valence-corrected chi connectivity index (χ1v) is 23.9. The molecule has 0 N–H and O–H groups in total. The van der Waals surface area contributed by atoms with Gasteiger partial charge < -0.3 is 9.13 Å². The van der Waals surface area contributed by atoms with Crippen molar-refractivity contribution in [1.29, 1.82) is 0 Å². The first-order chi connectivity index (χ1) is 33.2. The molecule has 0 bridgehead atoms. The fraction of sp³-hybridized carbons (Fsp3) is 0.138. The van der Waals surface area contributed by atoms with E-state index in [0.29, 0.717) is 0 Å². The molecule has 0 atom stereocenters. The lowest BCUT2D eigenvalue weighted by Crippen LogP contribution is -2.38. The van der Waals surface area contributed by atoms with Crippen molar-refractivity contribution in [2.45, 2.75) is 49.5 Å². The predicted molar refractivity (Wildman–Crippen MR) is 274 cm³/mol. The predicted octanol–water partition coefficient (Wildman–Crippen LogP) is 13.7. The number of aromatic nitrogens is 3. The lowest BCUT2D eigenvalue weighted by atomic mass is 9.64. The Morgan fingerprint density at radius 3 is 1.26 bits per heavy atom. The Hall–Kier alpha value is -7.88. The SMILES string of the molecule is Cc1cn(C2(c3cccc(C4(c5cccc(C6(c7cc(C(C)(C)C)ccn7)c7ccccc7-c7ccccc76)c5)c5ccccc5-c5ccccc54)c3)c3ccccc3-c3ccccc32)[c-][n+]1C. The number of pyridine rings is 1. The van der Waals surface area contributed by atoms with Crippen molar-refractivity contribution >= 4 is 0 Å². The van der Waals surface area contributed by atoms with Gasteiger partial charge in [-0.25, -0.2) is 0 Å². The molecule has 0 aliphatic heterocycles. The Labute approximate surface area is 399 Å². The van der Waals surface area contributed by atoms with Crippen LogP contribution in [0, 0.1) is 13.3 Å². The van der Waals surface area contributed by atoms with Gasteiger partial charge in [-0.1, -0.05) is 216 Å². The molecule has 3 heteroatoms. The van der Waals surface area contributed by atoms with Crippen molar-refractivity contribution < 1.29 is 4.57 Å². The number of benzene rings is 8. The molecule has 0 spiro atoms. The van der Waals surface area contributed by atoms with Crippen molar-refractivity contribution in [2.75, 3.05) is 0 Å². The van der Waals surface area contributed by atoms with E-state index in [1.807, 2.05) is 6.20 Å². The molecule has 68 heavy (non-hydrogen) atoms. The van der Waals surface area contributed by atoms with Crippen LogP contribution < -0.4 is 4.57 Å². The van der Waals surface area contributed by atoms with Gasteiger partial charge in [0.2, 0.25) is 6.33 Å². The monoisotopic (exact) mass is 873 g/mol. The summed E-state index contributed by atoms with van der Waals surface area (Å²) < 4.78 is 4.46. The van der Waals surface area contributed by atoms with Crippen molar-refractivity contribution in [1.82, 2.24) is 9.55 Å². The van der Waals surface area contributed by atoms with Gasteiger partial charge in [0, 0.05) is 22.9 Å². The van der Waals surface area contributed by atoms with Crippen LogP contribution in [-0.4, -0.2) is 9.55 Å². The molecule has 0 saturated heterocycles. The third-order valence-corrected chi connectivity index (χ3v) is 15.7. The van der Waals surface area contributed by atoms with Gasteiger partial charge in [0.25, 0.3) is 0 Å². The lowest BCUT2D eigenvalue weighted by Gasteiger charge is -2.38. The van der Waals surface area contributed by atoms with E-state index in [-0.39, 0.29) is 5.41 Å². The molecule has 3 aliphatic rings. The minimum absolute atomic E-state index is 0.0725. The average Bonchev–Trinajstić information content (AvgIpc) is 4.08. The van der Waals surface area contributed by atoms with Crippen LogP contribution in [0.4, 0.5) is 0 Å². The quantitative estimate of drug-likeness (QED) is 0.120. The Balaban J connectivity index is 1.14. The smallest absolute Gasteiger partial charge is 0.205 e. The van der Waals surface area contributed by atoms with Crippen LogP contribution in [0.25, 0.3) is 33.4 Å². The van der Waals surface area contributed by atoms with Gasteiger partial charge in [0.15, 0.2) is 5.54 Å². The molecule has 0 radical (unpaired) electrons. The maximum absolute atomic E-state index is 5.39. The minimum Gasteiger partial charge on any atom is -0.351 e. The Kier molecular flexibility index (Phi) is 8.65. The number of imidazole rings is 1. The summed E-state index contributed by atoms with van der Waals surface area (Å²) in [6, 6.07) is 77.9. The van der Waals surface area contributed by atoms with Gasteiger partial charge >= 0.3 is 0 Å². The molecule has 3 nitrogen and oxygen atoms in total. The van der Waals surface area contributed by atoms with Crippen LogP contribution in [0.3, 0.4) is 0 Å². The second-order valence-corrected chi connectivity index (χ2v) is 20.1. The van der Waals surface area contributed by atoms with Crippen LogP contribution in [0.2, 0.25) is 0 Å².